The second-order valence-electron chi connectivity index (χ2n) is 5.25. The second kappa shape index (κ2) is 5.50. The molecule has 0 aliphatic carbocycles. The van der Waals surface area contributed by atoms with Crippen molar-refractivity contribution in [1.29, 1.82) is 0 Å². The highest BCUT2D eigenvalue weighted by molar-refractivity contribution is 7.89. The molecule has 0 amide bonds. The lowest BCUT2D eigenvalue weighted by Gasteiger charge is -2.15. The van der Waals surface area contributed by atoms with Crippen LogP contribution in [0.1, 0.15) is 24.1 Å². The molecule has 2 aromatic carbocycles. The summed E-state index contributed by atoms with van der Waals surface area (Å²) in [6.07, 6.45) is 0.868. The van der Waals surface area contributed by atoms with E-state index in [9.17, 15) is 8.42 Å². The Balaban J connectivity index is 1.84. The smallest absolute Gasteiger partial charge is 0.241 e. The number of sulfonamides is 1. The zero-order valence-corrected chi connectivity index (χ0v) is 12.7. The van der Waals surface area contributed by atoms with Crippen LogP contribution in [0.5, 0.6) is 0 Å². The number of rotatable bonds is 4. The van der Waals surface area contributed by atoms with Gasteiger partial charge in [0.05, 0.1) is 4.90 Å². The van der Waals surface area contributed by atoms with Gasteiger partial charge in [-0.25, -0.2) is 13.1 Å². The molecule has 1 aliphatic rings. The lowest BCUT2D eigenvalue weighted by molar-refractivity contribution is 0.567. The van der Waals surface area contributed by atoms with E-state index in [0.717, 1.165) is 29.8 Å². The molecular formula is C16H18N2O2S. The number of nitrogens with one attached hydrogen (secondary N) is 2. The van der Waals surface area contributed by atoms with Crippen molar-refractivity contribution in [2.24, 2.45) is 0 Å². The normalized spacial score (nSPS) is 15.3. The number of anilines is 1. The summed E-state index contributed by atoms with van der Waals surface area (Å²) in [5.74, 6) is 0. The molecule has 0 fully saturated rings. The lowest BCUT2D eigenvalue weighted by Crippen LogP contribution is -2.26. The topological polar surface area (TPSA) is 58.2 Å². The van der Waals surface area contributed by atoms with Crippen molar-refractivity contribution >= 4 is 15.7 Å². The van der Waals surface area contributed by atoms with E-state index in [0.29, 0.717) is 4.90 Å². The molecule has 21 heavy (non-hydrogen) atoms. The molecule has 2 aromatic rings. The van der Waals surface area contributed by atoms with Crippen LogP contribution in [0.25, 0.3) is 0 Å². The van der Waals surface area contributed by atoms with Crippen LogP contribution in [0.4, 0.5) is 5.69 Å². The quantitative estimate of drug-likeness (QED) is 0.913. The fourth-order valence-corrected chi connectivity index (χ4v) is 3.84. The molecule has 4 nitrogen and oxygen atoms in total. The summed E-state index contributed by atoms with van der Waals surface area (Å²) in [5.41, 5.74) is 3.04. The minimum atomic E-state index is -3.51. The molecule has 0 radical (unpaired) electrons. The van der Waals surface area contributed by atoms with E-state index < -0.39 is 10.0 Å². The van der Waals surface area contributed by atoms with Crippen LogP contribution in [-0.4, -0.2) is 15.0 Å². The predicted molar refractivity (Wildman–Crippen MR) is 83.8 cm³/mol. The third-order valence-corrected chi connectivity index (χ3v) is 5.27. The predicted octanol–water partition coefficient (Wildman–Crippen LogP) is 2.69. The number of hydrogen-bond donors (Lipinski definition) is 2. The monoisotopic (exact) mass is 302 g/mol. The maximum Gasteiger partial charge on any atom is 0.241 e. The molecule has 5 heteroatoms. The van der Waals surface area contributed by atoms with Gasteiger partial charge >= 0.3 is 0 Å². The van der Waals surface area contributed by atoms with Crippen LogP contribution in [0.3, 0.4) is 0 Å². The molecule has 0 spiro atoms. The lowest BCUT2D eigenvalue weighted by atomic mass is 10.1. The van der Waals surface area contributed by atoms with Crippen LogP contribution < -0.4 is 10.0 Å². The highest BCUT2D eigenvalue weighted by atomic mass is 32.2. The van der Waals surface area contributed by atoms with Crippen molar-refractivity contribution in [2.45, 2.75) is 24.3 Å². The third kappa shape index (κ3) is 2.94. The SMILES string of the molecule is C[C@@H](NS(=O)(=O)c1ccc2c(c1)CCN2)c1ccccc1. The van der Waals surface area contributed by atoms with Crippen molar-refractivity contribution < 1.29 is 8.42 Å². The molecule has 3 rings (SSSR count). The molecule has 0 unspecified atom stereocenters. The zero-order valence-electron chi connectivity index (χ0n) is 11.8. The highest BCUT2D eigenvalue weighted by Gasteiger charge is 2.20. The first-order valence-electron chi connectivity index (χ1n) is 7.00. The molecule has 0 bridgehead atoms. The van der Waals surface area contributed by atoms with Gasteiger partial charge in [0.25, 0.3) is 0 Å². The summed E-state index contributed by atoms with van der Waals surface area (Å²) in [4.78, 5) is 0.327. The standard InChI is InChI=1S/C16H18N2O2S/c1-12(13-5-3-2-4-6-13)18-21(19,20)15-7-8-16-14(11-15)9-10-17-16/h2-8,11-12,17-18H,9-10H2,1H3/t12-/m1/s1. The number of benzene rings is 2. The van der Waals surface area contributed by atoms with Crippen molar-refractivity contribution in [3.63, 3.8) is 0 Å². The Morgan fingerprint density at radius 1 is 1.14 bits per heavy atom. The van der Waals surface area contributed by atoms with Crippen molar-refractivity contribution in [3.8, 4) is 0 Å². The maximum atomic E-state index is 12.5. The highest BCUT2D eigenvalue weighted by Crippen LogP contribution is 2.25. The molecule has 0 saturated carbocycles. The molecule has 110 valence electrons. The van der Waals surface area contributed by atoms with Crippen LogP contribution in [0.2, 0.25) is 0 Å². The van der Waals surface area contributed by atoms with Crippen molar-refractivity contribution in [3.05, 3.63) is 59.7 Å². The van der Waals surface area contributed by atoms with Gasteiger partial charge in [0.1, 0.15) is 0 Å². The summed E-state index contributed by atoms with van der Waals surface area (Å²) in [7, 11) is -3.51. The Morgan fingerprint density at radius 2 is 1.90 bits per heavy atom. The molecule has 0 saturated heterocycles. The van der Waals surface area contributed by atoms with Crippen LogP contribution in [0.15, 0.2) is 53.4 Å². The van der Waals surface area contributed by atoms with Gasteiger partial charge in [-0.05, 0) is 42.7 Å². The summed E-state index contributed by atoms with van der Waals surface area (Å²) >= 11 is 0. The van der Waals surface area contributed by atoms with E-state index in [1.54, 1.807) is 12.1 Å². The third-order valence-electron chi connectivity index (χ3n) is 3.73. The van der Waals surface area contributed by atoms with Crippen LogP contribution in [0, 0.1) is 0 Å². The van der Waals surface area contributed by atoms with Crippen LogP contribution >= 0.6 is 0 Å². The van der Waals surface area contributed by atoms with E-state index in [4.69, 9.17) is 0 Å². The first-order chi connectivity index (χ1) is 10.1. The average Bonchev–Trinajstić information content (AvgIpc) is 2.95. The average molecular weight is 302 g/mol. The van der Waals surface area contributed by atoms with E-state index in [-0.39, 0.29) is 6.04 Å². The van der Waals surface area contributed by atoms with Gasteiger partial charge in [-0.1, -0.05) is 30.3 Å². The first kappa shape index (κ1) is 14.1. The van der Waals surface area contributed by atoms with Gasteiger partial charge in [0.15, 0.2) is 0 Å². The summed E-state index contributed by atoms with van der Waals surface area (Å²) in [5, 5.41) is 3.23. The van der Waals surface area contributed by atoms with E-state index in [2.05, 4.69) is 10.0 Å². The summed E-state index contributed by atoms with van der Waals surface area (Å²) < 4.78 is 27.7. The Kier molecular flexibility index (Phi) is 3.69. The van der Waals surface area contributed by atoms with Gasteiger partial charge < -0.3 is 5.32 Å². The van der Waals surface area contributed by atoms with E-state index in [1.165, 1.54) is 0 Å². The van der Waals surface area contributed by atoms with Gasteiger partial charge in [-0.15, -0.1) is 0 Å². The van der Waals surface area contributed by atoms with Gasteiger partial charge in [-0.3, -0.25) is 0 Å². The fraction of sp³-hybridized carbons (Fsp3) is 0.250. The van der Waals surface area contributed by atoms with E-state index >= 15 is 0 Å². The Labute approximate surface area is 125 Å². The molecule has 1 atom stereocenters. The Hall–Kier alpha value is -1.85. The molecule has 0 aromatic heterocycles. The molecule has 1 heterocycles. The summed E-state index contributed by atoms with van der Waals surface area (Å²) in [6.45, 7) is 2.72. The fourth-order valence-electron chi connectivity index (χ4n) is 2.56. The van der Waals surface area contributed by atoms with E-state index in [1.807, 2.05) is 43.3 Å². The minimum absolute atomic E-state index is 0.262. The molecule has 2 N–H and O–H groups in total. The Bertz CT molecular complexity index is 742. The second-order valence-corrected chi connectivity index (χ2v) is 6.96. The Morgan fingerprint density at radius 3 is 2.67 bits per heavy atom. The first-order valence-corrected chi connectivity index (χ1v) is 8.49. The van der Waals surface area contributed by atoms with Crippen molar-refractivity contribution in [2.75, 3.05) is 11.9 Å². The van der Waals surface area contributed by atoms with Gasteiger partial charge in [0, 0.05) is 18.3 Å². The van der Waals surface area contributed by atoms with Crippen molar-refractivity contribution in [1.82, 2.24) is 4.72 Å². The van der Waals surface area contributed by atoms with Gasteiger partial charge in [-0.2, -0.15) is 0 Å². The largest absolute Gasteiger partial charge is 0.384 e. The molecule has 1 aliphatic heterocycles. The maximum absolute atomic E-state index is 12.5. The molecular weight excluding hydrogens is 284 g/mol. The van der Waals surface area contributed by atoms with Crippen LogP contribution in [-0.2, 0) is 16.4 Å². The van der Waals surface area contributed by atoms with Gasteiger partial charge in [0.2, 0.25) is 10.0 Å². The number of fused-ring (bicyclic) bond motifs is 1. The summed E-state index contributed by atoms with van der Waals surface area (Å²) in [6, 6.07) is 14.5. The minimum Gasteiger partial charge on any atom is -0.384 e. The number of hydrogen-bond acceptors (Lipinski definition) is 3. The zero-order chi connectivity index (χ0) is 14.9.